The Kier molecular flexibility index (Phi) is 7.75. The molecule has 0 aliphatic heterocycles. The van der Waals surface area contributed by atoms with Crippen molar-refractivity contribution >= 4 is 58.2 Å². The number of benzene rings is 2. The highest BCUT2D eigenvalue weighted by Gasteiger charge is 2.19. The van der Waals surface area contributed by atoms with Gasteiger partial charge in [0.1, 0.15) is 5.75 Å². The zero-order valence-corrected chi connectivity index (χ0v) is 20.5. The van der Waals surface area contributed by atoms with E-state index in [0.717, 1.165) is 16.1 Å². The van der Waals surface area contributed by atoms with Crippen molar-refractivity contribution in [2.45, 2.75) is 32.0 Å². The first-order chi connectivity index (χ1) is 14.7. The summed E-state index contributed by atoms with van der Waals surface area (Å²) in [7, 11) is 1.83. The number of nitrogens with zero attached hydrogens (tertiary/aromatic N) is 3. The van der Waals surface area contributed by atoms with Crippen molar-refractivity contribution in [3.05, 3.63) is 62.4 Å². The fraction of sp³-hybridized carbons (Fsp3) is 0.286. The first-order valence-corrected chi connectivity index (χ1v) is 11.5. The van der Waals surface area contributed by atoms with Gasteiger partial charge in [-0.3, -0.25) is 4.79 Å². The Morgan fingerprint density at radius 3 is 2.52 bits per heavy atom. The molecule has 0 radical (unpaired) electrons. The quantitative estimate of drug-likeness (QED) is 0.388. The molecule has 6 nitrogen and oxygen atoms in total. The van der Waals surface area contributed by atoms with E-state index in [1.54, 1.807) is 18.2 Å². The lowest BCUT2D eigenvalue weighted by molar-refractivity contribution is -0.113. The molecule has 0 fully saturated rings. The summed E-state index contributed by atoms with van der Waals surface area (Å²) in [5, 5.41) is 13.4. The van der Waals surface area contributed by atoms with E-state index in [2.05, 4.69) is 15.5 Å². The van der Waals surface area contributed by atoms with Gasteiger partial charge in [-0.2, -0.15) is 0 Å². The number of rotatable bonds is 7. The lowest BCUT2D eigenvalue weighted by atomic mass is 10.1. The molecule has 0 aliphatic rings. The number of halogens is 3. The maximum atomic E-state index is 12.3. The smallest absolute Gasteiger partial charge is 0.234 e. The van der Waals surface area contributed by atoms with E-state index in [-0.39, 0.29) is 17.8 Å². The summed E-state index contributed by atoms with van der Waals surface area (Å²) in [5.74, 6) is 1.27. The summed E-state index contributed by atoms with van der Waals surface area (Å²) in [6.07, 6.45) is -0.342. The van der Waals surface area contributed by atoms with Gasteiger partial charge in [-0.1, -0.05) is 46.6 Å². The van der Waals surface area contributed by atoms with Gasteiger partial charge in [-0.15, -0.1) is 10.2 Å². The highest BCUT2D eigenvalue weighted by Crippen LogP contribution is 2.30. The average Bonchev–Trinajstić information content (AvgIpc) is 3.08. The van der Waals surface area contributed by atoms with Crippen molar-refractivity contribution in [1.82, 2.24) is 14.8 Å². The van der Waals surface area contributed by atoms with E-state index < -0.39 is 0 Å². The van der Waals surface area contributed by atoms with Crippen LogP contribution in [-0.2, 0) is 11.8 Å². The molecule has 1 aromatic heterocycles. The number of hydrogen-bond acceptors (Lipinski definition) is 5. The number of aryl methyl sites for hydroxylation is 2. The lowest BCUT2D eigenvalue weighted by Crippen LogP contribution is -2.15. The number of aromatic nitrogens is 3. The largest absolute Gasteiger partial charge is 0.483 e. The predicted molar refractivity (Wildman–Crippen MR) is 127 cm³/mol. The van der Waals surface area contributed by atoms with Gasteiger partial charge >= 0.3 is 0 Å². The number of carbonyl (C=O) groups is 1. The van der Waals surface area contributed by atoms with Gasteiger partial charge in [0.25, 0.3) is 0 Å². The van der Waals surface area contributed by atoms with Crippen LogP contribution in [0.4, 0.5) is 5.69 Å². The minimum Gasteiger partial charge on any atom is -0.483 e. The van der Waals surface area contributed by atoms with Crippen molar-refractivity contribution in [2.24, 2.45) is 7.05 Å². The van der Waals surface area contributed by atoms with Crippen LogP contribution in [0.1, 0.15) is 30.0 Å². The monoisotopic (exact) mass is 498 g/mol. The number of hydrogen-bond donors (Lipinski definition) is 1. The number of nitrogens with one attached hydrogen (secondary N) is 1. The van der Waals surface area contributed by atoms with Crippen LogP contribution in [0.3, 0.4) is 0 Å². The summed E-state index contributed by atoms with van der Waals surface area (Å²) in [6.45, 7) is 5.77. The molecule has 0 saturated carbocycles. The second-order valence-electron chi connectivity index (χ2n) is 6.99. The van der Waals surface area contributed by atoms with Crippen LogP contribution in [0.25, 0.3) is 0 Å². The summed E-state index contributed by atoms with van der Waals surface area (Å²) < 4.78 is 7.85. The van der Waals surface area contributed by atoms with Crippen molar-refractivity contribution in [1.29, 1.82) is 0 Å². The summed E-state index contributed by atoms with van der Waals surface area (Å²) in [5.41, 5.74) is 2.36. The van der Waals surface area contributed by atoms with Crippen LogP contribution in [0.2, 0.25) is 15.1 Å². The third-order valence-electron chi connectivity index (χ3n) is 4.49. The van der Waals surface area contributed by atoms with E-state index in [1.165, 1.54) is 11.8 Å². The topological polar surface area (TPSA) is 69.0 Å². The summed E-state index contributed by atoms with van der Waals surface area (Å²) in [6, 6.07) is 8.68. The fourth-order valence-corrected chi connectivity index (χ4v) is 4.11. The zero-order valence-electron chi connectivity index (χ0n) is 17.4. The second-order valence-corrected chi connectivity index (χ2v) is 9.16. The number of carbonyl (C=O) groups excluding carboxylic acids is 1. The molecule has 1 N–H and O–H groups in total. The minimum absolute atomic E-state index is 0.139. The molecule has 3 rings (SSSR count). The lowest BCUT2D eigenvalue weighted by Gasteiger charge is -2.16. The Bertz CT molecular complexity index is 1100. The highest BCUT2D eigenvalue weighted by molar-refractivity contribution is 7.99. The van der Waals surface area contributed by atoms with Crippen LogP contribution in [0, 0.1) is 13.8 Å². The molecular formula is C21H21Cl3N4O2S. The number of ether oxygens (including phenoxy) is 1. The van der Waals surface area contributed by atoms with Crippen molar-refractivity contribution < 1.29 is 9.53 Å². The Morgan fingerprint density at radius 1 is 1.16 bits per heavy atom. The van der Waals surface area contributed by atoms with Crippen molar-refractivity contribution in [2.75, 3.05) is 11.1 Å². The van der Waals surface area contributed by atoms with Crippen LogP contribution < -0.4 is 10.1 Å². The Hall–Kier alpha value is -1.93. The van der Waals surface area contributed by atoms with E-state index in [4.69, 9.17) is 39.5 Å². The molecule has 1 unspecified atom stereocenters. The van der Waals surface area contributed by atoms with Crippen LogP contribution in [-0.4, -0.2) is 26.4 Å². The van der Waals surface area contributed by atoms with Gasteiger partial charge in [0, 0.05) is 17.1 Å². The maximum absolute atomic E-state index is 12.3. The van der Waals surface area contributed by atoms with Crippen LogP contribution in [0.5, 0.6) is 5.75 Å². The van der Waals surface area contributed by atoms with Crippen molar-refractivity contribution in [3.8, 4) is 5.75 Å². The Labute approximate surface area is 200 Å². The molecule has 1 atom stereocenters. The second kappa shape index (κ2) is 10.1. The highest BCUT2D eigenvalue weighted by atomic mass is 35.5. The van der Waals surface area contributed by atoms with Crippen LogP contribution in [0.15, 0.2) is 35.5 Å². The minimum atomic E-state index is -0.342. The number of anilines is 1. The summed E-state index contributed by atoms with van der Waals surface area (Å²) >= 11 is 19.5. The molecule has 0 spiro atoms. The third-order valence-corrected chi connectivity index (χ3v) is 6.67. The van der Waals surface area contributed by atoms with E-state index >= 15 is 0 Å². The molecular weight excluding hydrogens is 479 g/mol. The standard InChI is InChI=1S/C21H21Cl3N4O2S/c1-11-7-15(8-12(2)19(11)24)30-13(3)20-26-27-21(28(20)4)31-10-18(29)25-17-9-14(22)5-6-16(17)23/h5-9,13H,10H2,1-4H3,(H,25,29). The SMILES string of the molecule is Cc1cc(OC(C)c2nnc(SCC(=O)Nc3cc(Cl)ccc3Cl)n2C)cc(C)c1Cl. The predicted octanol–water partition coefficient (Wildman–Crippen LogP) is 6.26. The molecule has 0 aliphatic carbocycles. The molecule has 0 saturated heterocycles. The van der Waals surface area contributed by atoms with Gasteiger partial charge < -0.3 is 14.6 Å². The molecule has 1 heterocycles. The first-order valence-electron chi connectivity index (χ1n) is 9.36. The van der Waals surface area contributed by atoms with Gasteiger partial charge in [0.2, 0.25) is 5.91 Å². The van der Waals surface area contributed by atoms with E-state index in [9.17, 15) is 4.79 Å². The van der Waals surface area contributed by atoms with E-state index in [1.807, 2.05) is 44.5 Å². The first kappa shape index (κ1) is 23.7. The summed E-state index contributed by atoms with van der Waals surface area (Å²) in [4.78, 5) is 12.3. The molecule has 3 aromatic rings. The number of thioether (sulfide) groups is 1. The van der Waals surface area contributed by atoms with Crippen LogP contribution >= 0.6 is 46.6 Å². The Morgan fingerprint density at radius 2 is 1.84 bits per heavy atom. The average molecular weight is 500 g/mol. The molecule has 2 aromatic carbocycles. The van der Waals surface area contributed by atoms with Gasteiger partial charge in [-0.25, -0.2) is 0 Å². The van der Waals surface area contributed by atoms with E-state index in [0.29, 0.717) is 32.5 Å². The Balaban J connectivity index is 1.63. The van der Waals surface area contributed by atoms with Gasteiger partial charge in [-0.05, 0) is 62.2 Å². The fourth-order valence-electron chi connectivity index (χ4n) is 2.95. The maximum Gasteiger partial charge on any atom is 0.234 e. The molecule has 0 bridgehead atoms. The normalized spacial score (nSPS) is 12.0. The zero-order chi connectivity index (χ0) is 22.7. The van der Waals surface area contributed by atoms with Crippen molar-refractivity contribution in [3.63, 3.8) is 0 Å². The molecule has 31 heavy (non-hydrogen) atoms. The third kappa shape index (κ3) is 5.86. The molecule has 164 valence electrons. The molecule has 1 amide bonds. The molecule has 10 heteroatoms. The van der Waals surface area contributed by atoms with Gasteiger partial charge in [0.05, 0.1) is 16.5 Å². The van der Waals surface area contributed by atoms with Gasteiger partial charge in [0.15, 0.2) is 17.1 Å². The number of amides is 1.